The number of rotatable bonds is 9. The summed E-state index contributed by atoms with van der Waals surface area (Å²) in [5.74, 6) is 1.80. The van der Waals surface area contributed by atoms with E-state index < -0.39 is 0 Å². The molecular formula is C22H20N8O4. The minimum absolute atomic E-state index is 0.0928. The van der Waals surface area contributed by atoms with Crippen LogP contribution in [-0.4, -0.2) is 41.2 Å². The maximum absolute atomic E-state index is 12.9. The molecule has 0 radical (unpaired) electrons. The maximum atomic E-state index is 12.9. The third-order valence-electron chi connectivity index (χ3n) is 5.34. The van der Waals surface area contributed by atoms with Crippen molar-refractivity contribution in [3.63, 3.8) is 0 Å². The van der Waals surface area contributed by atoms with E-state index >= 15 is 0 Å². The normalized spacial score (nSPS) is 11.1. The highest BCUT2D eigenvalue weighted by atomic mass is 16.5. The number of aromatic amines is 2. The summed E-state index contributed by atoms with van der Waals surface area (Å²) in [6.45, 7) is 2.08. The molecule has 5 aromatic rings. The van der Waals surface area contributed by atoms with Crippen LogP contribution in [0.2, 0.25) is 0 Å². The van der Waals surface area contributed by atoms with Gasteiger partial charge in [0.05, 0.1) is 5.39 Å². The summed E-state index contributed by atoms with van der Waals surface area (Å²) >= 11 is 0. The summed E-state index contributed by atoms with van der Waals surface area (Å²) < 4.78 is 17.5. The lowest BCUT2D eigenvalue weighted by Gasteiger charge is -2.14. The predicted octanol–water partition coefficient (Wildman–Crippen LogP) is 2.07. The van der Waals surface area contributed by atoms with Crippen LogP contribution in [0, 0.1) is 6.92 Å². The van der Waals surface area contributed by atoms with E-state index in [4.69, 9.17) is 13.9 Å². The van der Waals surface area contributed by atoms with Gasteiger partial charge in [-0.3, -0.25) is 0 Å². The Labute approximate surface area is 192 Å². The molecule has 5 rings (SSSR count). The Morgan fingerprint density at radius 2 is 1.62 bits per heavy atom. The van der Waals surface area contributed by atoms with Gasteiger partial charge in [0, 0.05) is 17.7 Å². The molecule has 0 amide bonds. The molecule has 0 spiro atoms. The number of hydrogen-bond acceptors (Lipinski definition) is 10. The second-order valence-electron chi connectivity index (χ2n) is 7.55. The molecule has 3 aromatic heterocycles. The summed E-state index contributed by atoms with van der Waals surface area (Å²) in [4.78, 5) is 12.9. The smallest absolute Gasteiger partial charge is 0.339 e. The molecule has 12 nitrogen and oxygen atoms in total. The summed E-state index contributed by atoms with van der Waals surface area (Å²) in [6, 6.07) is 13.4. The Balaban J connectivity index is 1.50. The Hall–Kier alpha value is -4.61. The lowest BCUT2D eigenvalue weighted by molar-refractivity contribution is 0.282. The van der Waals surface area contributed by atoms with Crippen LogP contribution < -0.4 is 15.1 Å². The van der Waals surface area contributed by atoms with Crippen LogP contribution >= 0.6 is 0 Å². The molecule has 34 heavy (non-hydrogen) atoms. The molecule has 12 heteroatoms. The van der Waals surface area contributed by atoms with Gasteiger partial charge in [0.15, 0.2) is 11.6 Å². The highest BCUT2D eigenvalue weighted by Crippen LogP contribution is 2.35. The van der Waals surface area contributed by atoms with Crippen molar-refractivity contribution in [3.05, 3.63) is 81.2 Å². The van der Waals surface area contributed by atoms with Crippen molar-refractivity contribution >= 4 is 11.0 Å². The monoisotopic (exact) mass is 460 g/mol. The molecule has 3 heterocycles. The Morgan fingerprint density at radius 1 is 0.912 bits per heavy atom. The van der Waals surface area contributed by atoms with Crippen LogP contribution in [0.15, 0.2) is 51.7 Å². The largest absolute Gasteiger partial charge is 0.485 e. The first-order valence-corrected chi connectivity index (χ1v) is 10.5. The van der Waals surface area contributed by atoms with Gasteiger partial charge in [-0.2, -0.15) is 0 Å². The number of H-pyrrole nitrogens is 2. The van der Waals surface area contributed by atoms with E-state index in [1.807, 2.05) is 37.3 Å². The number of nitrogens with one attached hydrogen (secondary N) is 2. The van der Waals surface area contributed by atoms with Crippen molar-refractivity contribution < 1.29 is 13.9 Å². The van der Waals surface area contributed by atoms with E-state index in [0.29, 0.717) is 52.5 Å². The van der Waals surface area contributed by atoms with Crippen LogP contribution in [0.4, 0.5) is 0 Å². The fourth-order valence-corrected chi connectivity index (χ4v) is 3.66. The number of ether oxygens (including phenoxy) is 2. The molecule has 2 aromatic carbocycles. The molecule has 0 aliphatic heterocycles. The van der Waals surface area contributed by atoms with Gasteiger partial charge in [0.25, 0.3) is 0 Å². The number of hydrogen-bond donors (Lipinski definition) is 2. The third-order valence-corrected chi connectivity index (χ3v) is 5.34. The lowest BCUT2D eigenvalue weighted by Crippen LogP contribution is -2.12. The van der Waals surface area contributed by atoms with E-state index in [1.54, 1.807) is 12.1 Å². The fourth-order valence-electron chi connectivity index (χ4n) is 3.66. The minimum Gasteiger partial charge on any atom is -0.485 e. The summed E-state index contributed by atoms with van der Waals surface area (Å²) in [5.41, 5.74) is 2.50. The average molecular weight is 460 g/mol. The predicted molar refractivity (Wildman–Crippen MR) is 118 cm³/mol. The molecule has 0 saturated heterocycles. The van der Waals surface area contributed by atoms with Crippen molar-refractivity contribution in [2.75, 3.05) is 0 Å². The Kier molecular flexibility index (Phi) is 5.93. The van der Waals surface area contributed by atoms with Crippen molar-refractivity contribution in [2.45, 2.75) is 33.0 Å². The zero-order valence-corrected chi connectivity index (χ0v) is 18.2. The van der Waals surface area contributed by atoms with Crippen LogP contribution in [-0.2, 0) is 26.1 Å². The van der Waals surface area contributed by atoms with E-state index in [-0.39, 0.29) is 18.8 Å². The quantitative estimate of drug-likeness (QED) is 0.312. The van der Waals surface area contributed by atoms with E-state index in [0.717, 1.165) is 11.1 Å². The molecule has 172 valence electrons. The lowest BCUT2D eigenvalue weighted by atomic mass is 9.99. The van der Waals surface area contributed by atoms with Gasteiger partial charge < -0.3 is 13.9 Å². The van der Waals surface area contributed by atoms with Crippen molar-refractivity contribution in [3.8, 4) is 11.5 Å². The molecule has 0 saturated carbocycles. The Morgan fingerprint density at radius 3 is 2.29 bits per heavy atom. The number of aromatic nitrogens is 8. The van der Waals surface area contributed by atoms with Crippen LogP contribution in [0.5, 0.6) is 11.5 Å². The number of tetrazole rings is 2. The first-order valence-electron chi connectivity index (χ1n) is 10.5. The number of nitrogens with zero attached hydrogens (tertiary/aromatic N) is 6. The molecule has 0 aliphatic carbocycles. The topological polar surface area (TPSA) is 158 Å². The average Bonchev–Trinajstić information content (AvgIpc) is 3.56. The second kappa shape index (κ2) is 9.48. The third kappa shape index (κ3) is 4.60. The fraction of sp³-hybridized carbons (Fsp3) is 0.227. The maximum Gasteiger partial charge on any atom is 0.339 e. The Bertz CT molecular complexity index is 1430. The van der Waals surface area contributed by atoms with Gasteiger partial charge in [-0.05, 0) is 51.7 Å². The zero-order valence-electron chi connectivity index (χ0n) is 18.2. The molecule has 0 aliphatic rings. The summed E-state index contributed by atoms with van der Waals surface area (Å²) in [6.07, 6.45) is 1.25. The van der Waals surface area contributed by atoms with Crippen LogP contribution in [0.25, 0.3) is 11.0 Å². The van der Waals surface area contributed by atoms with E-state index in [1.165, 1.54) is 0 Å². The highest BCUT2D eigenvalue weighted by molar-refractivity contribution is 5.89. The van der Waals surface area contributed by atoms with Gasteiger partial charge in [-0.15, -0.1) is 10.2 Å². The van der Waals surface area contributed by atoms with Gasteiger partial charge in [0.1, 0.15) is 30.3 Å². The summed E-state index contributed by atoms with van der Waals surface area (Å²) in [5, 5.41) is 27.8. The molecular weight excluding hydrogens is 440 g/mol. The number of benzene rings is 2. The van der Waals surface area contributed by atoms with Crippen LogP contribution in [0.1, 0.15) is 28.3 Å². The van der Waals surface area contributed by atoms with Gasteiger partial charge in [-0.1, -0.05) is 30.3 Å². The van der Waals surface area contributed by atoms with Gasteiger partial charge in [-0.25, -0.2) is 15.0 Å². The second-order valence-corrected chi connectivity index (χ2v) is 7.55. The molecule has 0 fully saturated rings. The van der Waals surface area contributed by atoms with Gasteiger partial charge >= 0.3 is 5.63 Å². The van der Waals surface area contributed by atoms with E-state index in [9.17, 15) is 4.79 Å². The SMILES string of the molecule is Cc1c(CCc2ccccc2)c(=O)oc2cc(OCc3nnn[nH]3)cc(OCc3nnn[nH]3)c12. The first kappa shape index (κ1) is 21.2. The van der Waals surface area contributed by atoms with Crippen molar-refractivity contribution in [1.82, 2.24) is 41.2 Å². The minimum atomic E-state index is -0.386. The van der Waals surface area contributed by atoms with Gasteiger partial charge in [0.2, 0.25) is 0 Å². The van der Waals surface area contributed by atoms with Crippen LogP contribution in [0.3, 0.4) is 0 Å². The molecule has 0 bridgehead atoms. The van der Waals surface area contributed by atoms with E-state index in [2.05, 4.69) is 41.2 Å². The first-order chi connectivity index (χ1) is 16.7. The standard InChI is InChI=1S/C22H20N8O4/c1-13-16(8-7-14-5-3-2-4-6-14)22(31)34-18-10-15(32-11-19-23-27-28-24-19)9-17(21(13)18)33-12-20-25-29-30-26-20/h2-6,9-10H,7-8,11-12H2,1H3,(H,23,24,27,28)(H,25,26,29,30). The highest BCUT2D eigenvalue weighted by Gasteiger charge is 2.18. The van der Waals surface area contributed by atoms with Crippen molar-refractivity contribution in [2.24, 2.45) is 0 Å². The molecule has 2 N–H and O–H groups in total. The number of aryl methyl sites for hydroxylation is 2. The molecule has 0 unspecified atom stereocenters. The number of fused-ring (bicyclic) bond motifs is 1. The zero-order chi connectivity index (χ0) is 23.3. The van der Waals surface area contributed by atoms with Crippen molar-refractivity contribution in [1.29, 1.82) is 0 Å². The molecule has 0 atom stereocenters. The summed E-state index contributed by atoms with van der Waals surface area (Å²) in [7, 11) is 0.